The van der Waals surface area contributed by atoms with Gasteiger partial charge in [-0.3, -0.25) is 9.59 Å². The van der Waals surface area contributed by atoms with E-state index in [0.29, 0.717) is 48.6 Å². The summed E-state index contributed by atoms with van der Waals surface area (Å²) in [5, 5.41) is 13.2. The molecule has 0 radical (unpaired) electrons. The molecule has 1 N–H and O–H groups in total. The Morgan fingerprint density at radius 1 is 1.04 bits per heavy atom. The summed E-state index contributed by atoms with van der Waals surface area (Å²) in [7, 11) is 0. The van der Waals surface area contributed by atoms with Crippen molar-refractivity contribution in [3.05, 3.63) is 0 Å². The summed E-state index contributed by atoms with van der Waals surface area (Å²) in [6, 6.07) is 0. The SMILES string of the molecule is C[C@]12CCC(=O)CC1/C(=N\O)C[C@@H]1[C@@H]2CC[C@]2(C)C(=O)CC[C@@H]12. The van der Waals surface area contributed by atoms with Gasteiger partial charge < -0.3 is 5.21 Å². The molecule has 0 aliphatic heterocycles. The minimum atomic E-state index is -0.157. The van der Waals surface area contributed by atoms with Crippen molar-refractivity contribution in [2.75, 3.05) is 0 Å². The van der Waals surface area contributed by atoms with Crippen LogP contribution in [0.2, 0.25) is 0 Å². The van der Waals surface area contributed by atoms with Crippen molar-refractivity contribution < 1.29 is 14.8 Å². The zero-order chi connectivity index (χ0) is 16.4. The molecule has 126 valence electrons. The van der Waals surface area contributed by atoms with Crippen molar-refractivity contribution >= 4 is 17.3 Å². The van der Waals surface area contributed by atoms with Crippen molar-refractivity contribution in [3.63, 3.8) is 0 Å². The van der Waals surface area contributed by atoms with Gasteiger partial charge >= 0.3 is 0 Å². The Hall–Kier alpha value is -1.19. The second-order valence-electron chi connectivity index (χ2n) is 8.89. The predicted octanol–water partition coefficient (Wildman–Crippen LogP) is 3.61. The molecule has 0 aromatic rings. The Morgan fingerprint density at radius 2 is 1.83 bits per heavy atom. The van der Waals surface area contributed by atoms with E-state index in [1.54, 1.807) is 0 Å². The van der Waals surface area contributed by atoms with Crippen LogP contribution >= 0.6 is 0 Å². The maximum absolute atomic E-state index is 12.4. The summed E-state index contributed by atoms with van der Waals surface area (Å²) in [5.41, 5.74) is 0.728. The zero-order valence-electron chi connectivity index (χ0n) is 14.2. The largest absolute Gasteiger partial charge is 0.411 e. The monoisotopic (exact) mass is 317 g/mol. The molecule has 0 aromatic carbocycles. The fraction of sp³-hybridized carbons (Fsp3) is 0.842. The van der Waals surface area contributed by atoms with Gasteiger partial charge in [0, 0.05) is 30.6 Å². The van der Waals surface area contributed by atoms with Gasteiger partial charge in [-0.1, -0.05) is 19.0 Å². The molecule has 4 rings (SSSR count). The van der Waals surface area contributed by atoms with Crippen LogP contribution in [0.1, 0.15) is 65.2 Å². The van der Waals surface area contributed by atoms with Crippen LogP contribution in [-0.2, 0) is 9.59 Å². The fourth-order valence-corrected chi connectivity index (χ4v) is 6.74. The molecular weight excluding hydrogens is 290 g/mol. The Kier molecular flexibility index (Phi) is 3.27. The molecule has 0 heterocycles. The molecule has 0 aromatic heterocycles. The summed E-state index contributed by atoms with van der Waals surface area (Å²) >= 11 is 0. The maximum Gasteiger partial charge on any atom is 0.139 e. The highest BCUT2D eigenvalue weighted by molar-refractivity contribution is 5.94. The molecule has 4 aliphatic rings. The highest BCUT2D eigenvalue weighted by Gasteiger charge is 2.61. The van der Waals surface area contributed by atoms with E-state index in [0.717, 1.165) is 37.8 Å². The number of hydrogen-bond acceptors (Lipinski definition) is 4. The number of oxime groups is 1. The first-order valence-electron chi connectivity index (χ1n) is 9.16. The molecule has 4 saturated carbocycles. The van der Waals surface area contributed by atoms with E-state index in [1.807, 2.05) is 0 Å². The minimum absolute atomic E-state index is 0.0609. The number of ketones is 2. The quantitative estimate of drug-likeness (QED) is 0.548. The van der Waals surface area contributed by atoms with E-state index in [4.69, 9.17) is 0 Å². The van der Waals surface area contributed by atoms with Gasteiger partial charge in [0.2, 0.25) is 0 Å². The molecule has 0 saturated heterocycles. The third-order valence-electron chi connectivity index (χ3n) is 8.14. The summed E-state index contributed by atoms with van der Waals surface area (Å²) < 4.78 is 0. The van der Waals surface area contributed by atoms with Crippen LogP contribution < -0.4 is 0 Å². The maximum atomic E-state index is 12.4. The lowest BCUT2D eigenvalue weighted by atomic mass is 9.45. The molecule has 0 spiro atoms. The van der Waals surface area contributed by atoms with Gasteiger partial charge in [-0.2, -0.15) is 0 Å². The Bertz CT molecular complexity index is 597. The third-order valence-corrected chi connectivity index (χ3v) is 8.14. The van der Waals surface area contributed by atoms with Gasteiger partial charge in [0.05, 0.1) is 5.71 Å². The lowest BCUT2D eigenvalue weighted by molar-refractivity contribution is -0.136. The Labute approximate surface area is 137 Å². The standard InChI is InChI=1S/C19H27NO3/c1-18-7-5-11(21)9-15(18)16(20-23)10-12-13-3-4-17(22)19(13,2)8-6-14(12)18/h12-15,23H,3-10H2,1-2H3/b20-16-/t12-,13-,14-,15?,18+,19-/m0/s1. The van der Waals surface area contributed by atoms with Crippen LogP contribution in [0.5, 0.6) is 0 Å². The summed E-state index contributed by atoms with van der Waals surface area (Å²) in [6.45, 7) is 4.48. The average molecular weight is 317 g/mol. The lowest BCUT2D eigenvalue weighted by Crippen LogP contribution is -2.56. The van der Waals surface area contributed by atoms with Crippen molar-refractivity contribution in [1.29, 1.82) is 0 Å². The molecule has 4 aliphatic carbocycles. The molecule has 4 fully saturated rings. The van der Waals surface area contributed by atoms with E-state index in [1.165, 1.54) is 0 Å². The summed E-state index contributed by atoms with van der Waals surface area (Å²) in [5.74, 6) is 2.30. The molecule has 1 unspecified atom stereocenters. The van der Waals surface area contributed by atoms with Gasteiger partial charge in [-0.25, -0.2) is 0 Å². The number of hydrogen-bond donors (Lipinski definition) is 1. The molecule has 23 heavy (non-hydrogen) atoms. The third kappa shape index (κ3) is 1.93. The van der Waals surface area contributed by atoms with Crippen molar-refractivity contribution in [3.8, 4) is 0 Å². The predicted molar refractivity (Wildman–Crippen MR) is 86.3 cm³/mol. The van der Waals surface area contributed by atoms with Crippen LogP contribution in [0.15, 0.2) is 5.16 Å². The Morgan fingerprint density at radius 3 is 2.57 bits per heavy atom. The molecule has 0 bridgehead atoms. The first-order valence-corrected chi connectivity index (χ1v) is 9.16. The van der Waals surface area contributed by atoms with Crippen LogP contribution in [0, 0.1) is 34.5 Å². The van der Waals surface area contributed by atoms with Gasteiger partial charge in [-0.15, -0.1) is 0 Å². The van der Waals surface area contributed by atoms with Gasteiger partial charge in [0.15, 0.2) is 0 Å². The molecule has 0 amide bonds. The van der Waals surface area contributed by atoms with Crippen molar-refractivity contribution in [2.45, 2.75) is 65.2 Å². The van der Waals surface area contributed by atoms with Crippen LogP contribution in [0.25, 0.3) is 0 Å². The number of fused-ring (bicyclic) bond motifs is 5. The van der Waals surface area contributed by atoms with E-state index < -0.39 is 0 Å². The number of nitrogens with zero attached hydrogens (tertiary/aromatic N) is 1. The van der Waals surface area contributed by atoms with Crippen molar-refractivity contribution in [2.24, 2.45) is 39.7 Å². The molecule has 4 nitrogen and oxygen atoms in total. The van der Waals surface area contributed by atoms with Gasteiger partial charge in [-0.05, 0) is 55.3 Å². The van der Waals surface area contributed by atoms with Crippen LogP contribution in [-0.4, -0.2) is 22.5 Å². The average Bonchev–Trinajstić information content (AvgIpc) is 2.83. The first-order chi connectivity index (χ1) is 10.9. The highest BCUT2D eigenvalue weighted by Crippen LogP contribution is 2.64. The fourth-order valence-electron chi connectivity index (χ4n) is 6.74. The van der Waals surface area contributed by atoms with E-state index in [2.05, 4.69) is 19.0 Å². The van der Waals surface area contributed by atoms with E-state index >= 15 is 0 Å². The normalized spacial score (nSPS) is 51.3. The number of Topliss-reactive ketones (excluding diaryl/α,β-unsaturated/α-hetero) is 2. The van der Waals surface area contributed by atoms with Crippen LogP contribution in [0.4, 0.5) is 0 Å². The van der Waals surface area contributed by atoms with Gasteiger partial charge in [0.1, 0.15) is 11.6 Å². The van der Waals surface area contributed by atoms with E-state index in [-0.39, 0.29) is 16.7 Å². The Balaban J connectivity index is 1.73. The second-order valence-corrected chi connectivity index (χ2v) is 8.89. The van der Waals surface area contributed by atoms with Gasteiger partial charge in [0.25, 0.3) is 0 Å². The molecule has 4 heteroatoms. The number of rotatable bonds is 0. The minimum Gasteiger partial charge on any atom is -0.411 e. The molecule has 6 atom stereocenters. The second kappa shape index (κ2) is 4.90. The lowest BCUT2D eigenvalue weighted by Gasteiger charge is -2.59. The van der Waals surface area contributed by atoms with Crippen molar-refractivity contribution in [1.82, 2.24) is 0 Å². The number of carbonyl (C=O) groups is 2. The molecular formula is C19H27NO3. The zero-order valence-corrected chi connectivity index (χ0v) is 14.2. The summed E-state index contributed by atoms with van der Waals surface area (Å²) in [4.78, 5) is 24.4. The number of carbonyl (C=O) groups excluding carboxylic acids is 2. The smallest absolute Gasteiger partial charge is 0.139 e. The van der Waals surface area contributed by atoms with Crippen LogP contribution in [0.3, 0.4) is 0 Å². The van der Waals surface area contributed by atoms with E-state index in [9.17, 15) is 14.8 Å². The summed E-state index contributed by atoms with van der Waals surface area (Å²) in [6.07, 6.45) is 6.69. The highest BCUT2D eigenvalue weighted by atomic mass is 16.4. The topological polar surface area (TPSA) is 66.7 Å². The first kappa shape index (κ1) is 15.3.